The number of esters is 1. The number of anilines is 1. The molecule has 2 rings (SSSR count). The molecule has 1 unspecified atom stereocenters. The van der Waals surface area contributed by atoms with E-state index in [2.05, 4.69) is 5.32 Å². The maximum atomic E-state index is 14.0. The first-order chi connectivity index (χ1) is 10.0. The second-order valence-corrected chi connectivity index (χ2v) is 5.07. The van der Waals surface area contributed by atoms with Gasteiger partial charge in [0.15, 0.2) is 6.04 Å². The lowest BCUT2D eigenvalue weighted by molar-refractivity contribution is -0.141. The molecule has 0 saturated heterocycles. The number of hydrogen-bond donors (Lipinski definition) is 1. The van der Waals surface area contributed by atoms with Gasteiger partial charge in [0, 0.05) is 16.3 Å². The third-order valence-electron chi connectivity index (χ3n) is 3.07. The lowest BCUT2D eigenvalue weighted by Crippen LogP contribution is -2.23. The van der Waals surface area contributed by atoms with Gasteiger partial charge in [-0.15, -0.1) is 0 Å². The van der Waals surface area contributed by atoms with Crippen molar-refractivity contribution in [3.05, 3.63) is 64.4 Å². The van der Waals surface area contributed by atoms with E-state index in [-0.39, 0.29) is 5.56 Å². The van der Waals surface area contributed by atoms with Gasteiger partial charge >= 0.3 is 5.97 Å². The molecule has 0 aliphatic carbocycles. The van der Waals surface area contributed by atoms with Crippen molar-refractivity contribution >= 4 is 23.3 Å². The highest BCUT2D eigenvalue weighted by Crippen LogP contribution is 2.26. The molecule has 3 nitrogen and oxygen atoms in total. The predicted molar refractivity (Wildman–Crippen MR) is 81.0 cm³/mol. The summed E-state index contributed by atoms with van der Waals surface area (Å²) < 4.78 is 18.7. The smallest absolute Gasteiger partial charge is 0.333 e. The number of aryl methyl sites for hydroxylation is 1. The van der Waals surface area contributed by atoms with Crippen molar-refractivity contribution in [2.45, 2.75) is 13.0 Å². The number of halogens is 2. The first-order valence-electron chi connectivity index (χ1n) is 6.37. The van der Waals surface area contributed by atoms with Crippen molar-refractivity contribution in [2.75, 3.05) is 12.4 Å². The fourth-order valence-electron chi connectivity index (χ4n) is 1.93. The van der Waals surface area contributed by atoms with Crippen molar-refractivity contribution in [2.24, 2.45) is 0 Å². The number of carbonyl (C=O) groups is 1. The molecule has 21 heavy (non-hydrogen) atoms. The minimum absolute atomic E-state index is 0.148. The van der Waals surface area contributed by atoms with Crippen LogP contribution in [-0.4, -0.2) is 13.1 Å². The first kappa shape index (κ1) is 15.3. The summed E-state index contributed by atoms with van der Waals surface area (Å²) in [5, 5.41) is 3.32. The molecule has 0 radical (unpaired) electrons. The van der Waals surface area contributed by atoms with Crippen molar-refractivity contribution in [3.8, 4) is 0 Å². The summed E-state index contributed by atoms with van der Waals surface area (Å²) in [5.41, 5.74) is 1.93. The van der Waals surface area contributed by atoms with Gasteiger partial charge < -0.3 is 10.1 Å². The van der Waals surface area contributed by atoms with Gasteiger partial charge in [0.05, 0.1) is 7.11 Å². The van der Waals surface area contributed by atoms with Crippen LogP contribution in [0.2, 0.25) is 5.02 Å². The van der Waals surface area contributed by atoms with Gasteiger partial charge in [0.2, 0.25) is 0 Å². The third kappa shape index (κ3) is 3.73. The Kier molecular flexibility index (Phi) is 4.81. The zero-order chi connectivity index (χ0) is 15.4. The number of rotatable bonds is 4. The second-order valence-electron chi connectivity index (χ2n) is 4.63. The summed E-state index contributed by atoms with van der Waals surface area (Å²) in [6, 6.07) is 10.5. The highest BCUT2D eigenvalue weighted by Gasteiger charge is 2.24. The maximum Gasteiger partial charge on any atom is 0.333 e. The van der Waals surface area contributed by atoms with E-state index in [1.54, 1.807) is 0 Å². The Bertz CT molecular complexity index is 643. The largest absolute Gasteiger partial charge is 0.467 e. The summed E-state index contributed by atoms with van der Waals surface area (Å²) >= 11 is 5.89. The van der Waals surface area contributed by atoms with E-state index >= 15 is 0 Å². The molecule has 0 amide bonds. The van der Waals surface area contributed by atoms with Crippen LogP contribution in [0.1, 0.15) is 17.2 Å². The molecule has 0 fully saturated rings. The normalized spacial score (nSPS) is 11.8. The van der Waals surface area contributed by atoms with Crippen molar-refractivity contribution in [3.63, 3.8) is 0 Å². The van der Waals surface area contributed by atoms with Crippen LogP contribution in [0.3, 0.4) is 0 Å². The van der Waals surface area contributed by atoms with Crippen molar-refractivity contribution in [1.82, 2.24) is 0 Å². The monoisotopic (exact) mass is 307 g/mol. The lowest BCUT2D eigenvalue weighted by Gasteiger charge is -2.19. The quantitative estimate of drug-likeness (QED) is 0.864. The molecule has 0 saturated carbocycles. The van der Waals surface area contributed by atoms with Gasteiger partial charge in [-0.2, -0.15) is 0 Å². The predicted octanol–water partition coefficient (Wildman–Crippen LogP) is 4.11. The fraction of sp³-hybridized carbons (Fsp3) is 0.188. The zero-order valence-electron chi connectivity index (χ0n) is 11.7. The molecule has 0 aromatic heterocycles. The Morgan fingerprint density at radius 1 is 1.24 bits per heavy atom. The highest BCUT2D eigenvalue weighted by molar-refractivity contribution is 6.30. The van der Waals surface area contributed by atoms with Crippen LogP contribution in [0.15, 0.2) is 42.5 Å². The van der Waals surface area contributed by atoms with E-state index in [1.165, 1.54) is 25.3 Å². The third-order valence-corrected chi connectivity index (χ3v) is 3.30. The summed E-state index contributed by atoms with van der Waals surface area (Å²) in [6.07, 6.45) is 0. The number of nitrogens with one attached hydrogen (secondary N) is 1. The van der Waals surface area contributed by atoms with E-state index in [4.69, 9.17) is 16.3 Å². The molecular formula is C16H15ClFNO2. The second kappa shape index (κ2) is 6.59. The maximum absolute atomic E-state index is 14.0. The minimum atomic E-state index is -0.962. The van der Waals surface area contributed by atoms with Gasteiger partial charge in [0.25, 0.3) is 0 Å². The average Bonchev–Trinajstić information content (AvgIpc) is 2.48. The van der Waals surface area contributed by atoms with Crippen molar-refractivity contribution < 1.29 is 13.9 Å². The minimum Gasteiger partial charge on any atom is -0.467 e. The number of ether oxygens (including phenoxy) is 1. The summed E-state index contributed by atoms with van der Waals surface area (Å²) in [7, 11) is 1.26. The molecule has 0 aliphatic heterocycles. The molecule has 5 heteroatoms. The standard InChI is InChI=1S/C16H15ClFNO2/c1-10-3-6-12(7-4-10)19-15(16(20)21-2)13-9-11(17)5-8-14(13)18/h3-9,15,19H,1-2H3. The number of hydrogen-bond acceptors (Lipinski definition) is 3. The summed E-state index contributed by atoms with van der Waals surface area (Å²) in [6.45, 7) is 1.96. The SMILES string of the molecule is COC(=O)C(Nc1ccc(C)cc1)c1cc(Cl)ccc1F. The average molecular weight is 308 g/mol. The van der Waals surface area contributed by atoms with E-state index in [0.29, 0.717) is 10.7 Å². The van der Waals surface area contributed by atoms with Gasteiger partial charge in [-0.1, -0.05) is 29.3 Å². The van der Waals surface area contributed by atoms with Crippen LogP contribution in [0.5, 0.6) is 0 Å². The molecule has 1 atom stereocenters. The summed E-state index contributed by atoms with van der Waals surface area (Å²) in [5.74, 6) is -1.11. The molecule has 0 bridgehead atoms. The van der Waals surface area contributed by atoms with E-state index in [9.17, 15) is 9.18 Å². The molecule has 1 N–H and O–H groups in total. The van der Waals surface area contributed by atoms with Crippen LogP contribution in [-0.2, 0) is 9.53 Å². The Labute approximate surface area is 127 Å². The molecule has 110 valence electrons. The molecule has 0 aliphatic rings. The van der Waals surface area contributed by atoms with E-state index < -0.39 is 17.8 Å². The lowest BCUT2D eigenvalue weighted by atomic mass is 10.1. The molecule has 0 spiro atoms. The Balaban J connectivity index is 2.36. The van der Waals surface area contributed by atoms with E-state index in [0.717, 1.165) is 5.56 Å². The fourth-order valence-corrected chi connectivity index (χ4v) is 2.11. The summed E-state index contributed by atoms with van der Waals surface area (Å²) in [4.78, 5) is 12.0. The first-order valence-corrected chi connectivity index (χ1v) is 6.75. The van der Waals surface area contributed by atoms with Crippen LogP contribution < -0.4 is 5.32 Å². The van der Waals surface area contributed by atoms with Gasteiger partial charge in [-0.25, -0.2) is 9.18 Å². The number of carbonyl (C=O) groups excluding carboxylic acids is 1. The van der Waals surface area contributed by atoms with Gasteiger partial charge in [-0.3, -0.25) is 0 Å². The Hall–Kier alpha value is -2.07. The zero-order valence-corrected chi connectivity index (χ0v) is 12.4. The topological polar surface area (TPSA) is 38.3 Å². The molecule has 0 heterocycles. The molecular weight excluding hydrogens is 293 g/mol. The van der Waals surface area contributed by atoms with Crippen LogP contribution >= 0.6 is 11.6 Å². The van der Waals surface area contributed by atoms with Gasteiger partial charge in [0.1, 0.15) is 5.82 Å². The van der Waals surface area contributed by atoms with Gasteiger partial charge in [-0.05, 0) is 37.3 Å². The number of methoxy groups -OCH3 is 1. The van der Waals surface area contributed by atoms with Crippen LogP contribution in [0.4, 0.5) is 10.1 Å². The number of benzene rings is 2. The van der Waals surface area contributed by atoms with Crippen LogP contribution in [0.25, 0.3) is 0 Å². The molecule has 2 aromatic carbocycles. The molecule has 2 aromatic rings. The van der Waals surface area contributed by atoms with Crippen molar-refractivity contribution in [1.29, 1.82) is 0 Å². The Morgan fingerprint density at radius 3 is 2.52 bits per heavy atom. The van der Waals surface area contributed by atoms with E-state index in [1.807, 2.05) is 31.2 Å². The van der Waals surface area contributed by atoms with Crippen LogP contribution in [0, 0.1) is 12.7 Å². The highest BCUT2D eigenvalue weighted by atomic mass is 35.5. The Morgan fingerprint density at radius 2 is 1.90 bits per heavy atom.